The lowest BCUT2D eigenvalue weighted by molar-refractivity contribution is 0.149. The summed E-state index contributed by atoms with van der Waals surface area (Å²) in [7, 11) is 0. The van der Waals surface area contributed by atoms with Crippen LogP contribution in [0.1, 0.15) is 24.0 Å². The van der Waals surface area contributed by atoms with E-state index in [0.29, 0.717) is 0 Å². The molecular formula is C16H18ClNO2. The van der Waals surface area contributed by atoms with E-state index in [0.717, 1.165) is 47.5 Å². The topological polar surface area (TPSA) is 25.6 Å². The number of aryl methyl sites for hydroxylation is 1. The van der Waals surface area contributed by atoms with Gasteiger partial charge in [-0.25, -0.2) is 0 Å². The number of fused-ring (bicyclic) bond motifs is 1. The maximum Gasteiger partial charge on any atom is 0.124 e. The number of ether oxygens (including phenoxy) is 1. The van der Waals surface area contributed by atoms with Gasteiger partial charge in [-0.3, -0.25) is 4.90 Å². The standard InChI is InChI=1S/C16H18ClNO2/c1-11-3-5-15(19-11)10-18-8-12(2)20-16-6-4-14(17)7-13(16)9-18/h3-7,12H,8-10H2,1-2H3. The van der Waals surface area contributed by atoms with E-state index in [-0.39, 0.29) is 6.10 Å². The second-order valence-corrected chi connectivity index (χ2v) is 5.80. The minimum atomic E-state index is 0.147. The Hall–Kier alpha value is -1.45. The summed E-state index contributed by atoms with van der Waals surface area (Å²) >= 11 is 6.08. The first-order valence-electron chi connectivity index (χ1n) is 6.83. The van der Waals surface area contributed by atoms with Crippen LogP contribution in [-0.4, -0.2) is 17.5 Å². The molecule has 0 saturated carbocycles. The third kappa shape index (κ3) is 3.00. The molecule has 1 unspecified atom stereocenters. The van der Waals surface area contributed by atoms with Crippen LogP contribution >= 0.6 is 11.6 Å². The summed E-state index contributed by atoms with van der Waals surface area (Å²) in [6, 6.07) is 9.84. The molecule has 0 fully saturated rings. The van der Waals surface area contributed by atoms with Crippen molar-refractivity contribution in [3.05, 3.63) is 52.4 Å². The van der Waals surface area contributed by atoms with Gasteiger partial charge in [-0.05, 0) is 44.2 Å². The summed E-state index contributed by atoms with van der Waals surface area (Å²) in [5.41, 5.74) is 1.13. The Kier molecular flexibility index (Phi) is 3.72. The molecule has 1 aliphatic rings. The molecule has 20 heavy (non-hydrogen) atoms. The second-order valence-electron chi connectivity index (χ2n) is 5.36. The van der Waals surface area contributed by atoms with Crippen molar-refractivity contribution in [3.63, 3.8) is 0 Å². The van der Waals surface area contributed by atoms with Crippen molar-refractivity contribution in [2.45, 2.75) is 33.0 Å². The second kappa shape index (κ2) is 5.51. The number of halogens is 1. The maximum atomic E-state index is 6.08. The molecule has 2 heterocycles. The molecule has 1 aromatic heterocycles. The van der Waals surface area contributed by atoms with Gasteiger partial charge in [0.25, 0.3) is 0 Å². The third-order valence-electron chi connectivity index (χ3n) is 3.44. The fraction of sp³-hybridized carbons (Fsp3) is 0.375. The summed E-state index contributed by atoms with van der Waals surface area (Å²) in [4.78, 5) is 2.32. The molecular weight excluding hydrogens is 274 g/mol. The maximum absolute atomic E-state index is 6.08. The number of nitrogens with zero attached hydrogens (tertiary/aromatic N) is 1. The SMILES string of the molecule is Cc1ccc(CN2Cc3cc(Cl)ccc3OC(C)C2)o1. The summed E-state index contributed by atoms with van der Waals surface area (Å²) in [5, 5.41) is 0.746. The third-order valence-corrected chi connectivity index (χ3v) is 3.67. The van der Waals surface area contributed by atoms with Crippen LogP contribution in [0, 0.1) is 6.92 Å². The van der Waals surface area contributed by atoms with Crippen molar-refractivity contribution in [1.82, 2.24) is 4.90 Å². The molecule has 1 aromatic carbocycles. The number of hydrogen-bond donors (Lipinski definition) is 0. The lowest BCUT2D eigenvalue weighted by Gasteiger charge is -2.20. The van der Waals surface area contributed by atoms with Crippen LogP contribution in [0.5, 0.6) is 5.75 Å². The van der Waals surface area contributed by atoms with Crippen LogP contribution in [0.4, 0.5) is 0 Å². The largest absolute Gasteiger partial charge is 0.489 e. The van der Waals surface area contributed by atoms with Crippen molar-refractivity contribution >= 4 is 11.6 Å². The van der Waals surface area contributed by atoms with Crippen molar-refractivity contribution in [2.24, 2.45) is 0 Å². The molecule has 0 saturated heterocycles. The minimum Gasteiger partial charge on any atom is -0.489 e. The molecule has 0 bridgehead atoms. The average molecular weight is 292 g/mol. The average Bonchev–Trinajstić information content (AvgIpc) is 2.70. The van der Waals surface area contributed by atoms with Gasteiger partial charge in [0.05, 0.1) is 6.54 Å². The Bertz CT molecular complexity index is 608. The molecule has 0 N–H and O–H groups in total. The van der Waals surface area contributed by atoms with Gasteiger partial charge >= 0.3 is 0 Å². The van der Waals surface area contributed by atoms with E-state index in [1.54, 1.807) is 0 Å². The summed E-state index contributed by atoms with van der Waals surface area (Å²) < 4.78 is 11.6. The molecule has 106 valence electrons. The molecule has 0 spiro atoms. The van der Waals surface area contributed by atoms with Gasteiger partial charge in [-0.15, -0.1) is 0 Å². The van der Waals surface area contributed by atoms with E-state index in [1.807, 2.05) is 37.3 Å². The summed E-state index contributed by atoms with van der Waals surface area (Å²) in [5.74, 6) is 2.86. The normalized spacial score (nSPS) is 19.2. The molecule has 3 nitrogen and oxygen atoms in total. The predicted octanol–water partition coefficient (Wildman–Crippen LogP) is 4.02. The molecule has 1 aliphatic heterocycles. The fourth-order valence-corrected chi connectivity index (χ4v) is 2.82. The van der Waals surface area contributed by atoms with E-state index < -0.39 is 0 Å². The predicted molar refractivity (Wildman–Crippen MR) is 79.1 cm³/mol. The quantitative estimate of drug-likeness (QED) is 0.835. The molecule has 0 amide bonds. The van der Waals surface area contributed by atoms with Crippen LogP contribution in [-0.2, 0) is 13.1 Å². The van der Waals surface area contributed by atoms with Crippen molar-refractivity contribution < 1.29 is 9.15 Å². The molecule has 3 rings (SSSR count). The highest BCUT2D eigenvalue weighted by Crippen LogP contribution is 2.28. The highest BCUT2D eigenvalue weighted by atomic mass is 35.5. The van der Waals surface area contributed by atoms with Crippen molar-refractivity contribution in [2.75, 3.05) is 6.54 Å². The van der Waals surface area contributed by atoms with Gasteiger partial charge in [0.1, 0.15) is 23.4 Å². The van der Waals surface area contributed by atoms with Crippen LogP contribution in [0.25, 0.3) is 0 Å². The summed E-state index contributed by atoms with van der Waals surface area (Å²) in [6.45, 7) is 6.52. The Balaban J connectivity index is 1.82. The van der Waals surface area contributed by atoms with Gasteiger partial charge in [0.2, 0.25) is 0 Å². The van der Waals surface area contributed by atoms with E-state index in [9.17, 15) is 0 Å². The van der Waals surface area contributed by atoms with Crippen LogP contribution in [0.2, 0.25) is 5.02 Å². The van der Waals surface area contributed by atoms with Gasteiger partial charge in [-0.2, -0.15) is 0 Å². The first kappa shape index (κ1) is 13.5. The molecule has 1 atom stereocenters. The van der Waals surface area contributed by atoms with E-state index in [1.165, 1.54) is 0 Å². The Morgan fingerprint density at radius 3 is 2.90 bits per heavy atom. The number of hydrogen-bond acceptors (Lipinski definition) is 3. The van der Waals surface area contributed by atoms with E-state index in [2.05, 4.69) is 11.8 Å². The first-order chi connectivity index (χ1) is 9.60. The zero-order valence-electron chi connectivity index (χ0n) is 11.7. The Labute approximate surface area is 124 Å². The Morgan fingerprint density at radius 1 is 1.30 bits per heavy atom. The van der Waals surface area contributed by atoms with Gasteiger partial charge in [0.15, 0.2) is 0 Å². The summed E-state index contributed by atoms with van der Waals surface area (Å²) in [6.07, 6.45) is 0.147. The Morgan fingerprint density at radius 2 is 2.15 bits per heavy atom. The lowest BCUT2D eigenvalue weighted by Crippen LogP contribution is -2.30. The minimum absolute atomic E-state index is 0.147. The van der Waals surface area contributed by atoms with E-state index >= 15 is 0 Å². The molecule has 4 heteroatoms. The smallest absolute Gasteiger partial charge is 0.124 e. The number of benzene rings is 1. The first-order valence-corrected chi connectivity index (χ1v) is 7.21. The zero-order chi connectivity index (χ0) is 14.1. The van der Waals surface area contributed by atoms with Crippen LogP contribution < -0.4 is 4.74 Å². The number of furan rings is 1. The van der Waals surface area contributed by atoms with Crippen LogP contribution in [0.15, 0.2) is 34.7 Å². The van der Waals surface area contributed by atoms with Gasteiger partial charge in [-0.1, -0.05) is 11.6 Å². The highest BCUT2D eigenvalue weighted by molar-refractivity contribution is 6.30. The molecule has 0 aliphatic carbocycles. The van der Waals surface area contributed by atoms with E-state index in [4.69, 9.17) is 20.8 Å². The monoisotopic (exact) mass is 291 g/mol. The van der Waals surface area contributed by atoms with Gasteiger partial charge in [0, 0.05) is 23.7 Å². The number of rotatable bonds is 2. The van der Waals surface area contributed by atoms with Crippen LogP contribution in [0.3, 0.4) is 0 Å². The van der Waals surface area contributed by atoms with Gasteiger partial charge < -0.3 is 9.15 Å². The van der Waals surface area contributed by atoms with Crippen molar-refractivity contribution in [1.29, 1.82) is 0 Å². The molecule has 2 aromatic rings. The lowest BCUT2D eigenvalue weighted by atomic mass is 10.2. The molecule has 0 radical (unpaired) electrons. The zero-order valence-corrected chi connectivity index (χ0v) is 12.5. The fourth-order valence-electron chi connectivity index (χ4n) is 2.62. The highest BCUT2D eigenvalue weighted by Gasteiger charge is 2.21. The van der Waals surface area contributed by atoms with Crippen molar-refractivity contribution in [3.8, 4) is 5.75 Å².